The smallest absolute Gasteiger partial charge is 0.178 e. The first kappa shape index (κ1) is 15.2. The minimum atomic E-state index is -0.458. The lowest BCUT2D eigenvalue weighted by Gasteiger charge is -2.02. The highest BCUT2D eigenvalue weighted by Gasteiger charge is 1.91. The van der Waals surface area contributed by atoms with Crippen LogP contribution in [0, 0.1) is 0 Å². The zero-order valence-corrected chi connectivity index (χ0v) is 10.7. The summed E-state index contributed by atoms with van der Waals surface area (Å²) >= 11 is 0. The van der Waals surface area contributed by atoms with E-state index in [9.17, 15) is 9.18 Å². The van der Waals surface area contributed by atoms with Crippen molar-refractivity contribution in [3.8, 4) is 0 Å². The van der Waals surface area contributed by atoms with Crippen LogP contribution < -0.4 is 0 Å². The Morgan fingerprint density at radius 3 is 2.12 bits per heavy atom. The monoisotopic (exact) mass is 238 g/mol. The quantitative estimate of drug-likeness (QED) is 0.523. The van der Waals surface area contributed by atoms with Crippen LogP contribution in [0.15, 0.2) is 48.6 Å². The van der Waals surface area contributed by atoms with Gasteiger partial charge in [-0.2, -0.15) is 0 Å². The van der Waals surface area contributed by atoms with Gasteiger partial charge in [0.15, 0.2) is 5.78 Å². The lowest BCUT2D eigenvalue weighted by atomic mass is 10.3. The predicted molar refractivity (Wildman–Crippen MR) is 69.0 cm³/mol. The van der Waals surface area contributed by atoms with E-state index in [0.29, 0.717) is 0 Å². The van der Waals surface area contributed by atoms with Crippen molar-refractivity contribution in [3.63, 3.8) is 0 Å². The van der Waals surface area contributed by atoms with E-state index in [1.54, 1.807) is 37.3 Å². The molecule has 0 unspecified atom stereocenters. The Morgan fingerprint density at radius 2 is 1.59 bits per heavy atom. The molecule has 0 bridgehead atoms. The molecule has 0 saturated carbocycles. The molecule has 0 spiro atoms. The van der Waals surface area contributed by atoms with Crippen molar-refractivity contribution in [3.05, 3.63) is 48.6 Å². The largest absolute Gasteiger partial charge is 0.383 e. The highest BCUT2D eigenvalue weighted by Crippen LogP contribution is 1.99. The molecule has 0 heterocycles. The third kappa shape index (κ3) is 10.4. The van der Waals surface area contributed by atoms with Gasteiger partial charge in [0.25, 0.3) is 0 Å². The molecule has 0 rings (SSSR count). The Balaban J connectivity index is 4.23. The van der Waals surface area contributed by atoms with Crippen LogP contribution in [-0.4, -0.2) is 43.8 Å². The number of nitrogens with zero attached hydrogens (tertiary/aromatic N) is 2. The molecule has 0 N–H and O–H groups in total. The van der Waals surface area contributed by atoms with Crippen molar-refractivity contribution < 1.29 is 9.18 Å². The van der Waals surface area contributed by atoms with Gasteiger partial charge in [-0.1, -0.05) is 6.08 Å². The molecule has 0 saturated heterocycles. The minimum Gasteiger partial charge on any atom is -0.383 e. The van der Waals surface area contributed by atoms with Crippen LogP contribution in [-0.2, 0) is 4.79 Å². The van der Waals surface area contributed by atoms with E-state index < -0.39 is 5.83 Å². The molecular formula is C13H19FN2O. The molecule has 0 aromatic rings. The van der Waals surface area contributed by atoms with Crippen molar-refractivity contribution >= 4 is 5.78 Å². The summed E-state index contributed by atoms with van der Waals surface area (Å²) < 4.78 is 13.0. The number of carbonyl (C=O) groups excluding carboxylic acids is 1. The maximum Gasteiger partial charge on any atom is 0.178 e. The molecule has 0 aliphatic heterocycles. The molecule has 0 aromatic heterocycles. The summed E-state index contributed by atoms with van der Waals surface area (Å²) in [5, 5.41) is 0. The standard InChI is InChI=1S/C13H19FN2O/c1-15(2)10-6-5-7-13(17)9-8-12(14)11-16(3)4/h5-11H,1-4H3/b7-5+,9-8+,10-6+,12-11-. The fourth-order valence-corrected chi connectivity index (χ4v) is 0.879. The predicted octanol–water partition coefficient (Wildman–Crippen LogP) is 2.12. The Hall–Kier alpha value is -1.84. The van der Waals surface area contributed by atoms with Crippen LogP contribution in [0.5, 0.6) is 0 Å². The Morgan fingerprint density at radius 1 is 0.941 bits per heavy atom. The summed E-state index contributed by atoms with van der Waals surface area (Å²) in [6.07, 6.45) is 10.1. The lowest BCUT2D eigenvalue weighted by molar-refractivity contribution is -0.110. The third-order valence-corrected chi connectivity index (χ3v) is 1.54. The molecule has 94 valence electrons. The van der Waals surface area contributed by atoms with Crippen LogP contribution in [0.1, 0.15) is 0 Å². The van der Waals surface area contributed by atoms with Gasteiger partial charge in [-0.25, -0.2) is 4.39 Å². The molecule has 3 nitrogen and oxygen atoms in total. The SMILES string of the molecule is CN(C)/C=C(F)/C=C/C(=O)/C=C/C=C/N(C)C. The van der Waals surface area contributed by atoms with E-state index in [1.165, 1.54) is 18.4 Å². The normalized spacial score (nSPS) is 12.9. The average Bonchev–Trinajstić information content (AvgIpc) is 2.20. The zero-order valence-electron chi connectivity index (χ0n) is 10.7. The topological polar surface area (TPSA) is 23.6 Å². The maximum atomic E-state index is 13.0. The Kier molecular flexibility index (Phi) is 7.43. The molecule has 0 aromatic carbocycles. The van der Waals surface area contributed by atoms with Crippen molar-refractivity contribution in [2.24, 2.45) is 0 Å². The average molecular weight is 238 g/mol. The highest BCUT2D eigenvalue weighted by molar-refractivity contribution is 5.99. The van der Waals surface area contributed by atoms with Gasteiger partial charge in [0.1, 0.15) is 5.83 Å². The van der Waals surface area contributed by atoms with E-state index in [1.807, 2.05) is 19.0 Å². The molecule has 0 atom stereocenters. The van der Waals surface area contributed by atoms with Crippen molar-refractivity contribution in [1.82, 2.24) is 9.80 Å². The zero-order chi connectivity index (χ0) is 13.3. The van der Waals surface area contributed by atoms with Gasteiger partial charge in [0, 0.05) is 34.4 Å². The summed E-state index contributed by atoms with van der Waals surface area (Å²) in [4.78, 5) is 14.7. The number of rotatable bonds is 6. The van der Waals surface area contributed by atoms with Gasteiger partial charge in [-0.15, -0.1) is 0 Å². The summed E-state index contributed by atoms with van der Waals surface area (Å²) in [5.74, 6) is -0.712. The molecule has 0 fully saturated rings. The third-order valence-electron chi connectivity index (χ3n) is 1.54. The fourth-order valence-electron chi connectivity index (χ4n) is 0.879. The number of ketones is 1. The number of allylic oxidation sites excluding steroid dienone is 6. The first-order valence-electron chi connectivity index (χ1n) is 5.19. The molecule has 17 heavy (non-hydrogen) atoms. The van der Waals surface area contributed by atoms with Crippen molar-refractivity contribution in [2.75, 3.05) is 28.2 Å². The summed E-state index contributed by atoms with van der Waals surface area (Å²) in [6, 6.07) is 0. The maximum absolute atomic E-state index is 13.0. The first-order chi connectivity index (χ1) is 7.91. The van der Waals surface area contributed by atoms with Gasteiger partial charge in [-0.05, 0) is 30.5 Å². The van der Waals surface area contributed by atoms with E-state index in [4.69, 9.17) is 0 Å². The number of hydrogen-bond acceptors (Lipinski definition) is 3. The number of hydrogen-bond donors (Lipinski definition) is 0. The summed E-state index contributed by atoms with van der Waals surface area (Å²) in [7, 11) is 7.18. The highest BCUT2D eigenvalue weighted by atomic mass is 19.1. The van der Waals surface area contributed by atoms with E-state index in [0.717, 1.165) is 6.08 Å². The lowest BCUT2D eigenvalue weighted by Crippen LogP contribution is -2.01. The van der Waals surface area contributed by atoms with Gasteiger partial charge in [0.05, 0.1) is 0 Å². The minimum absolute atomic E-state index is 0.254. The summed E-state index contributed by atoms with van der Waals surface area (Å²) in [5.41, 5.74) is 0. The first-order valence-corrected chi connectivity index (χ1v) is 5.19. The second kappa shape index (κ2) is 8.33. The van der Waals surface area contributed by atoms with Gasteiger partial charge < -0.3 is 9.80 Å². The van der Waals surface area contributed by atoms with Crippen molar-refractivity contribution in [2.45, 2.75) is 0 Å². The van der Waals surface area contributed by atoms with Crippen LogP contribution in [0.2, 0.25) is 0 Å². The number of halogens is 1. The summed E-state index contributed by atoms with van der Waals surface area (Å²) in [6.45, 7) is 0. The molecule has 4 heteroatoms. The molecular weight excluding hydrogens is 219 g/mol. The second-order valence-electron chi connectivity index (χ2n) is 3.88. The van der Waals surface area contributed by atoms with Crippen LogP contribution in [0.25, 0.3) is 0 Å². The van der Waals surface area contributed by atoms with E-state index in [-0.39, 0.29) is 5.78 Å². The molecule has 0 aliphatic rings. The Labute approximate surface area is 102 Å². The van der Waals surface area contributed by atoms with Crippen LogP contribution in [0.4, 0.5) is 4.39 Å². The second-order valence-corrected chi connectivity index (χ2v) is 3.88. The fraction of sp³-hybridized carbons (Fsp3) is 0.308. The van der Waals surface area contributed by atoms with Crippen LogP contribution in [0.3, 0.4) is 0 Å². The van der Waals surface area contributed by atoms with Gasteiger partial charge >= 0.3 is 0 Å². The van der Waals surface area contributed by atoms with E-state index in [2.05, 4.69) is 0 Å². The Bertz CT molecular complexity index is 352. The number of carbonyl (C=O) groups is 1. The molecule has 0 amide bonds. The van der Waals surface area contributed by atoms with Crippen LogP contribution >= 0.6 is 0 Å². The van der Waals surface area contributed by atoms with Gasteiger partial charge in [0.2, 0.25) is 0 Å². The molecule has 0 aliphatic carbocycles. The van der Waals surface area contributed by atoms with E-state index >= 15 is 0 Å². The molecule has 0 radical (unpaired) electrons. The van der Waals surface area contributed by atoms with Gasteiger partial charge in [-0.3, -0.25) is 4.79 Å². The van der Waals surface area contributed by atoms with Crippen molar-refractivity contribution in [1.29, 1.82) is 0 Å².